The molecule has 2 amide bonds. The monoisotopic (exact) mass is 657 g/mol. The number of amides is 2. The first-order chi connectivity index (χ1) is 20.6. The molecular formula is C38H76N2O6. The van der Waals surface area contributed by atoms with Crippen LogP contribution < -0.4 is 0 Å². The Balaban J connectivity index is -0.000000790. The van der Waals surface area contributed by atoms with E-state index in [-0.39, 0.29) is 35.0 Å². The molecule has 2 atom stereocenters. The molecule has 0 fully saturated rings. The molecule has 274 valence electrons. The zero-order valence-corrected chi connectivity index (χ0v) is 33.7. The van der Waals surface area contributed by atoms with Crippen LogP contribution in [0, 0.1) is 39.9 Å². The lowest BCUT2D eigenvalue weighted by Gasteiger charge is -2.29. The van der Waals surface area contributed by atoms with E-state index in [0.717, 1.165) is 12.8 Å². The first-order valence-corrected chi connectivity index (χ1v) is 17.5. The number of rotatable bonds is 13. The Labute approximate surface area is 285 Å². The van der Waals surface area contributed by atoms with Crippen molar-refractivity contribution in [2.24, 2.45) is 39.9 Å². The molecule has 0 aliphatic carbocycles. The molecule has 8 heteroatoms. The molecule has 46 heavy (non-hydrogen) atoms. The topological polar surface area (TPSA) is 93.2 Å². The van der Waals surface area contributed by atoms with Crippen LogP contribution in [0.2, 0.25) is 0 Å². The van der Waals surface area contributed by atoms with E-state index >= 15 is 0 Å². The molecule has 8 nitrogen and oxygen atoms in total. The summed E-state index contributed by atoms with van der Waals surface area (Å²) < 4.78 is 10.8. The van der Waals surface area contributed by atoms with Gasteiger partial charge in [0, 0.05) is 50.4 Å². The van der Waals surface area contributed by atoms with E-state index < -0.39 is 17.8 Å². The van der Waals surface area contributed by atoms with Gasteiger partial charge in [0.1, 0.15) is 5.78 Å². The molecule has 0 heterocycles. The summed E-state index contributed by atoms with van der Waals surface area (Å²) in [7, 11) is 3.30. The van der Waals surface area contributed by atoms with Gasteiger partial charge in [-0.2, -0.15) is 0 Å². The third-order valence-corrected chi connectivity index (χ3v) is 7.50. The molecule has 0 saturated heterocycles. The summed E-state index contributed by atoms with van der Waals surface area (Å²) in [5.41, 5.74) is -0.0667. The Morgan fingerprint density at radius 3 is 1.48 bits per heavy atom. The lowest BCUT2D eigenvalue weighted by Crippen LogP contribution is -2.43. The van der Waals surface area contributed by atoms with Crippen LogP contribution >= 0.6 is 0 Å². The van der Waals surface area contributed by atoms with Crippen molar-refractivity contribution in [2.45, 2.75) is 156 Å². The number of ketones is 1. The Kier molecular flexibility index (Phi) is 23.6. The lowest BCUT2D eigenvalue weighted by molar-refractivity contribution is -0.182. The Bertz CT molecular complexity index is 875. The van der Waals surface area contributed by atoms with E-state index in [4.69, 9.17) is 9.47 Å². The van der Waals surface area contributed by atoms with Crippen molar-refractivity contribution in [3.05, 3.63) is 0 Å². The zero-order valence-electron chi connectivity index (χ0n) is 33.7. The molecule has 0 aromatic carbocycles. The summed E-state index contributed by atoms with van der Waals surface area (Å²) in [5.74, 6) is 0.332. The molecule has 0 radical (unpaired) electrons. The minimum absolute atomic E-state index is 0.000859. The SMILES string of the molecule is CC(C)C(OC(=O)[C@@H](C)C(C)C)OC(=O)N(C)CCN(C)C(=O)C(C)(C)C.CC(C)CCC(=O)C(C)(C)C.CCCCC(C)(C)C. The number of carbonyl (C=O) groups excluding carboxylic acids is 4. The maximum Gasteiger partial charge on any atom is 0.412 e. The van der Waals surface area contributed by atoms with Gasteiger partial charge in [0.15, 0.2) is 0 Å². The lowest BCUT2D eigenvalue weighted by atomic mass is 9.87. The van der Waals surface area contributed by atoms with Gasteiger partial charge in [-0.25, -0.2) is 4.79 Å². The van der Waals surface area contributed by atoms with E-state index in [0.29, 0.717) is 30.2 Å². The van der Waals surface area contributed by atoms with Gasteiger partial charge in [0.2, 0.25) is 5.91 Å². The normalized spacial score (nSPS) is 13.2. The molecule has 0 aliphatic rings. The summed E-state index contributed by atoms with van der Waals surface area (Å²) in [6, 6.07) is 0. The van der Waals surface area contributed by atoms with Crippen molar-refractivity contribution in [1.82, 2.24) is 9.80 Å². The van der Waals surface area contributed by atoms with Crippen LogP contribution in [-0.2, 0) is 23.9 Å². The van der Waals surface area contributed by atoms with E-state index in [9.17, 15) is 19.2 Å². The van der Waals surface area contributed by atoms with Crippen LogP contribution in [0.4, 0.5) is 4.79 Å². The van der Waals surface area contributed by atoms with Crippen molar-refractivity contribution < 1.29 is 28.7 Å². The van der Waals surface area contributed by atoms with Crippen LogP contribution in [-0.4, -0.2) is 67.0 Å². The number of ether oxygens (including phenoxy) is 2. The van der Waals surface area contributed by atoms with Crippen LogP contribution in [0.15, 0.2) is 0 Å². The summed E-state index contributed by atoms with van der Waals surface area (Å²) >= 11 is 0. The molecule has 0 spiro atoms. The fraction of sp³-hybridized carbons (Fsp3) is 0.895. The fourth-order valence-electron chi connectivity index (χ4n) is 3.55. The molecule has 0 rings (SSSR count). The summed E-state index contributed by atoms with van der Waals surface area (Å²) in [6.07, 6.45) is 4.31. The second-order valence-electron chi connectivity index (χ2n) is 17.1. The van der Waals surface area contributed by atoms with E-state index in [1.54, 1.807) is 25.9 Å². The Morgan fingerprint density at radius 2 is 1.15 bits per heavy atom. The van der Waals surface area contributed by atoms with Gasteiger partial charge in [-0.3, -0.25) is 14.4 Å². The molecule has 0 aromatic rings. The van der Waals surface area contributed by atoms with Gasteiger partial charge < -0.3 is 19.3 Å². The quantitative estimate of drug-likeness (QED) is 0.145. The summed E-state index contributed by atoms with van der Waals surface area (Å²) in [6.45, 7) is 34.9. The van der Waals surface area contributed by atoms with Crippen molar-refractivity contribution in [3.8, 4) is 0 Å². The van der Waals surface area contributed by atoms with Crippen molar-refractivity contribution in [2.75, 3.05) is 27.2 Å². The number of esters is 1. The van der Waals surface area contributed by atoms with Gasteiger partial charge in [0.25, 0.3) is 6.29 Å². The number of hydrogen-bond donors (Lipinski definition) is 0. The number of nitrogens with zero attached hydrogens (tertiary/aromatic N) is 2. The van der Waals surface area contributed by atoms with E-state index in [2.05, 4.69) is 41.5 Å². The molecule has 0 bridgehead atoms. The van der Waals surface area contributed by atoms with Crippen molar-refractivity contribution in [1.29, 1.82) is 0 Å². The molecule has 0 N–H and O–H groups in total. The highest BCUT2D eigenvalue weighted by atomic mass is 16.7. The zero-order chi connectivity index (χ0) is 37.2. The maximum absolute atomic E-state index is 12.3. The molecule has 0 aromatic heterocycles. The number of unbranched alkanes of at least 4 members (excludes halogenated alkanes) is 1. The fourth-order valence-corrected chi connectivity index (χ4v) is 3.55. The average molecular weight is 657 g/mol. The summed E-state index contributed by atoms with van der Waals surface area (Å²) in [5, 5.41) is 0. The van der Waals surface area contributed by atoms with Crippen LogP contribution in [0.1, 0.15) is 150 Å². The third kappa shape index (κ3) is 25.0. The van der Waals surface area contributed by atoms with Crippen LogP contribution in [0.5, 0.6) is 0 Å². The van der Waals surface area contributed by atoms with Gasteiger partial charge in [-0.05, 0) is 30.1 Å². The van der Waals surface area contributed by atoms with E-state index in [1.807, 2.05) is 69.2 Å². The molecule has 0 aliphatic heterocycles. The largest absolute Gasteiger partial charge is 0.425 e. The molecule has 0 saturated carbocycles. The smallest absolute Gasteiger partial charge is 0.412 e. The number of carbonyl (C=O) groups is 4. The van der Waals surface area contributed by atoms with Crippen LogP contribution in [0.25, 0.3) is 0 Å². The highest BCUT2D eigenvalue weighted by Gasteiger charge is 2.29. The molecule has 1 unspecified atom stereocenters. The van der Waals surface area contributed by atoms with Gasteiger partial charge in [0.05, 0.1) is 5.92 Å². The number of hydrogen-bond acceptors (Lipinski definition) is 6. The third-order valence-electron chi connectivity index (χ3n) is 7.50. The van der Waals surface area contributed by atoms with Crippen molar-refractivity contribution >= 4 is 23.8 Å². The summed E-state index contributed by atoms with van der Waals surface area (Å²) in [4.78, 5) is 51.0. The first-order valence-electron chi connectivity index (χ1n) is 17.5. The Morgan fingerprint density at radius 1 is 0.674 bits per heavy atom. The van der Waals surface area contributed by atoms with Gasteiger partial charge >= 0.3 is 12.1 Å². The minimum Gasteiger partial charge on any atom is -0.425 e. The maximum atomic E-state index is 12.3. The number of Topliss-reactive ketones (excluding diaryl/α,β-unsaturated/α-hetero) is 1. The van der Waals surface area contributed by atoms with E-state index in [1.165, 1.54) is 24.2 Å². The molecular weight excluding hydrogens is 580 g/mol. The highest BCUT2D eigenvalue weighted by molar-refractivity contribution is 5.83. The van der Waals surface area contributed by atoms with Crippen molar-refractivity contribution in [3.63, 3.8) is 0 Å². The second-order valence-corrected chi connectivity index (χ2v) is 17.1. The van der Waals surface area contributed by atoms with Gasteiger partial charge in [-0.15, -0.1) is 0 Å². The highest BCUT2D eigenvalue weighted by Crippen LogP contribution is 2.21. The average Bonchev–Trinajstić information content (AvgIpc) is 2.90. The van der Waals surface area contributed by atoms with Gasteiger partial charge in [-0.1, -0.05) is 131 Å². The predicted molar refractivity (Wildman–Crippen MR) is 192 cm³/mol. The minimum atomic E-state index is -0.942. The first kappa shape index (κ1) is 48.3. The predicted octanol–water partition coefficient (Wildman–Crippen LogP) is 9.64. The Hall–Kier alpha value is -2.12. The second kappa shape index (κ2) is 22.4. The van der Waals surface area contributed by atoms with Crippen LogP contribution in [0.3, 0.4) is 0 Å². The number of likely N-dealkylation sites (N-methyl/N-ethyl adjacent to an activating group) is 2. The standard InChI is InChI=1S/C20H38N2O5.C10H20O.C8H18/c1-13(2)15(5)16(23)26-17(14(3)4)27-19(25)22(10)12-11-21(9)18(24)20(6,7)8;1-8(2)6-7-9(11)10(3,4)5;1-5-6-7-8(2,3)4/h13-15,17H,11-12H2,1-10H3;8H,6-7H2,1-5H3;5-7H2,1-4H3/t15-,17?;;/m0../s1.